The molecule has 0 unspecified atom stereocenters. The molecule has 42 heavy (non-hydrogen) atoms. The molecule has 0 aliphatic carbocycles. The van der Waals surface area contributed by atoms with Crippen LogP contribution in [0, 0.1) is 5.82 Å². The van der Waals surface area contributed by atoms with Gasteiger partial charge in [-0.05, 0) is 56.7 Å². The summed E-state index contributed by atoms with van der Waals surface area (Å²) in [6.07, 6.45) is -4.33. The first-order valence-corrected chi connectivity index (χ1v) is 14.8. The van der Waals surface area contributed by atoms with Crippen LogP contribution in [-0.4, -0.2) is 43.8 Å². The predicted octanol–water partition coefficient (Wildman–Crippen LogP) is 6.03. The number of hydrogen-bond donors (Lipinski definition) is 1. The summed E-state index contributed by atoms with van der Waals surface area (Å²) < 4.78 is 83.7. The highest BCUT2D eigenvalue weighted by Crippen LogP contribution is 2.38. The molecule has 0 saturated carbocycles. The van der Waals surface area contributed by atoms with Crippen LogP contribution < -0.4 is 9.62 Å². The molecule has 1 N–H and O–H groups in total. The van der Waals surface area contributed by atoms with Gasteiger partial charge in [-0.2, -0.15) is 13.2 Å². The summed E-state index contributed by atoms with van der Waals surface area (Å²) in [6, 6.07) is 13.4. The molecule has 3 aromatic rings. The second-order valence-electron chi connectivity index (χ2n) is 9.59. The molecule has 3 rings (SSSR count). The van der Waals surface area contributed by atoms with E-state index in [1.807, 2.05) is 6.92 Å². The number of carbonyl (C=O) groups excluding carboxylic acids is 2. The van der Waals surface area contributed by atoms with Crippen LogP contribution in [0.1, 0.15) is 38.3 Å². The minimum Gasteiger partial charge on any atom is -0.352 e. The molecule has 0 radical (unpaired) electrons. The van der Waals surface area contributed by atoms with E-state index in [-0.39, 0.29) is 16.5 Å². The first kappa shape index (κ1) is 32.9. The summed E-state index contributed by atoms with van der Waals surface area (Å²) >= 11 is 5.76. The van der Waals surface area contributed by atoms with E-state index in [1.165, 1.54) is 55.5 Å². The van der Waals surface area contributed by atoms with Gasteiger partial charge in [-0.25, -0.2) is 12.8 Å². The molecule has 0 spiro atoms. The molecule has 0 saturated heterocycles. The largest absolute Gasteiger partial charge is 0.417 e. The topological polar surface area (TPSA) is 86.8 Å². The zero-order valence-electron chi connectivity index (χ0n) is 23.0. The van der Waals surface area contributed by atoms with Crippen molar-refractivity contribution < 1.29 is 35.6 Å². The Morgan fingerprint density at radius 1 is 0.976 bits per heavy atom. The zero-order valence-corrected chi connectivity index (χ0v) is 24.6. The maximum atomic E-state index is 14.6. The molecule has 2 atom stereocenters. The summed E-state index contributed by atoms with van der Waals surface area (Å²) in [5, 5.41) is 2.08. The van der Waals surface area contributed by atoms with Gasteiger partial charge >= 0.3 is 6.18 Å². The standard InChI is InChI=1S/C29H30ClF4N3O4S/c1-4-19(2)35-28(39)20(3)36(17-21-10-8-9-13-26(21)31)27(38)18-37(42(40,41)23-11-6-5-7-12-23)22-14-15-25(30)24(16-22)29(32,33)34/h5-16,19-20H,4,17-18H2,1-3H3,(H,35,39)/t19-,20-/m1/s1. The number of alkyl halides is 3. The lowest BCUT2D eigenvalue weighted by Crippen LogP contribution is -2.52. The lowest BCUT2D eigenvalue weighted by molar-refractivity contribution is -0.139. The van der Waals surface area contributed by atoms with Crippen molar-refractivity contribution in [2.24, 2.45) is 0 Å². The fourth-order valence-corrected chi connectivity index (χ4v) is 5.64. The van der Waals surface area contributed by atoms with Crippen molar-refractivity contribution in [2.75, 3.05) is 10.8 Å². The van der Waals surface area contributed by atoms with Gasteiger partial charge in [0.05, 0.1) is 21.2 Å². The fourth-order valence-electron chi connectivity index (χ4n) is 3.99. The molecule has 0 aliphatic heterocycles. The molecule has 7 nitrogen and oxygen atoms in total. The van der Waals surface area contributed by atoms with Gasteiger partial charge in [0.2, 0.25) is 11.8 Å². The van der Waals surface area contributed by atoms with Crippen LogP contribution >= 0.6 is 11.6 Å². The molecular weight excluding hydrogens is 598 g/mol. The van der Waals surface area contributed by atoms with Crippen molar-refractivity contribution in [3.8, 4) is 0 Å². The van der Waals surface area contributed by atoms with Gasteiger partial charge in [-0.1, -0.05) is 54.9 Å². The minimum absolute atomic E-state index is 0.0531. The first-order valence-electron chi connectivity index (χ1n) is 12.9. The van der Waals surface area contributed by atoms with Gasteiger partial charge in [0.15, 0.2) is 0 Å². The third kappa shape index (κ3) is 7.80. The average Bonchev–Trinajstić information content (AvgIpc) is 2.95. The first-order chi connectivity index (χ1) is 19.7. The Morgan fingerprint density at radius 3 is 2.19 bits per heavy atom. The molecule has 0 aliphatic rings. The molecule has 3 aromatic carbocycles. The van der Waals surface area contributed by atoms with E-state index in [1.54, 1.807) is 13.0 Å². The number of amides is 2. The van der Waals surface area contributed by atoms with Gasteiger partial charge in [-0.3, -0.25) is 13.9 Å². The van der Waals surface area contributed by atoms with Crippen molar-refractivity contribution in [2.45, 2.75) is 56.9 Å². The molecule has 0 heterocycles. The normalized spacial score (nSPS) is 13.2. The van der Waals surface area contributed by atoms with E-state index in [4.69, 9.17) is 11.6 Å². The third-order valence-corrected chi connectivity index (χ3v) is 8.74. The number of hydrogen-bond acceptors (Lipinski definition) is 4. The summed E-state index contributed by atoms with van der Waals surface area (Å²) in [5.74, 6) is -2.18. The van der Waals surface area contributed by atoms with Crippen LogP contribution in [0.5, 0.6) is 0 Å². The van der Waals surface area contributed by atoms with Crippen LogP contribution in [0.3, 0.4) is 0 Å². The smallest absolute Gasteiger partial charge is 0.352 e. The van der Waals surface area contributed by atoms with Gasteiger partial charge in [0, 0.05) is 18.2 Å². The minimum atomic E-state index is -4.92. The number of benzene rings is 3. The zero-order chi connectivity index (χ0) is 31.2. The van der Waals surface area contributed by atoms with E-state index in [0.29, 0.717) is 16.8 Å². The second kappa shape index (κ2) is 13.6. The Labute approximate surface area is 247 Å². The maximum Gasteiger partial charge on any atom is 0.417 e. The molecule has 0 aromatic heterocycles. The van der Waals surface area contributed by atoms with Crippen LogP contribution in [0.2, 0.25) is 5.02 Å². The van der Waals surface area contributed by atoms with Crippen LogP contribution in [0.4, 0.5) is 23.2 Å². The third-order valence-electron chi connectivity index (χ3n) is 6.62. The Balaban J connectivity index is 2.11. The van der Waals surface area contributed by atoms with Gasteiger partial charge in [-0.15, -0.1) is 0 Å². The van der Waals surface area contributed by atoms with E-state index in [2.05, 4.69) is 5.32 Å². The Bertz CT molecular complexity index is 1520. The summed E-state index contributed by atoms with van der Waals surface area (Å²) in [4.78, 5) is 27.6. The van der Waals surface area contributed by atoms with E-state index >= 15 is 0 Å². The Kier molecular flexibility index (Phi) is 10.6. The highest BCUT2D eigenvalue weighted by atomic mass is 35.5. The number of nitrogens with one attached hydrogen (secondary N) is 1. The molecule has 0 fully saturated rings. The van der Waals surface area contributed by atoms with E-state index in [0.717, 1.165) is 17.0 Å². The van der Waals surface area contributed by atoms with E-state index < -0.39 is 69.2 Å². The molecule has 0 bridgehead atoms. The summed E-state index contributed by atoms with van der Waals surface area (Å²) in [6.45, 7) is 3.59. The predicted molar refractivity (Wildman–Crippen MR) is 152 cm³/mol. The molecule has 2 amide bonds. The van der Waals surface area contributed by atoms with Crippen LogP contribution in [-0.2, 0) is 32.3 Å². The number of halogens is 5. The summed E-state index contributed by atoms with van der Waals surface area (Å²) in [5.41, 5.74) is -1.73. The molecular formula is C29H30ClF4N3O4S. The summed E-state index contributed by atoms with van der Waals surface area (Å²) in [7, 11) is -4.61. The number of sulfonamides is 1. The van der Waals surface area contributed by atoms with Crippen molar-refractivity contribution in [1.82, 2.24) is 10.2 Å². The number of rotatable bonds is 11. The Morgan fingerprint density at radius 2 is 1.60 bits per heavy atom. The van der Waals surface area contributed by atoms with Gasteiger partial charge in [0.25, 0.3) is 10.0 Å². The van der Waals surface area contributed by atoms with Crippen molar-refractivity contribution >= 4 is 39.1 Å². The Hall–Kier alpha value is -3.64. The number of nitrogens with zero attached hydrogens (tertiary/aromatic N) is 2. The fraction of sp³-hybridized carbons (Fsp3) is 0.310. The lowest BCUT2D eigenvalue weighted by Gasteiger charge is -2.32. The average molecular weight is 628 g/mol. The SMILES string of the molecule is CC[C@@H](C)NC(=O)[C@@H](C)N(Cc1ccccc1F)C(=O)CN(c1ccc(Cl)c(C(F)(F)F)c1)S(=O)(=O)c1ccccc1. The van der Waals surface area contributed by atoms with Crippen LogP contribution in [0.15, 0.2) is 77.7 Å². The number of carbonyl (C=O) groups is 2. The van der Waals surface area contributed by atoms with Gasteiger partial charge < -0.3 is 10.2 Å². The maximum absolute atomic E-state index is 14.6. The monoisotopic (exact) mass is 627 g/mol. The quantitative estimate of drug-likeness (QED) is 0.263. The van der Waals surface area contributed by atoms with Crippen LogP contribution in [0.25, 0.3) is 0 Å². The second-order valence-corrected chi connectivity index (χ2v) is 11.9. The molecule has 226 valence electrons. The van der Waals surface area contributed by atoms with Crippen molar-refractivity contribution in [1.29, 1.82) is 0 Å². The highest BCUT2D eigenvalue weighted by molar-refractivity contribution is 7.92. The highest BCUT2D eigenvalue weighted by Gasteiger charge is 2.37. The lowest BCUT2D eigenvalue weighted by atomic mass is 10.1. The van der Waals surface area contributed by atoms with E-state index in [9.17, 15) is 35.6 Å². The van der Waals surface area contributed by atoms with Crippen molar-refractivity contribution in [3.63, 3.8) is 0 Å². The van der Waals surface area contributed by atoms with Gasteiger partial charge in [0.1, 0.15) is 18.4 Å². The molecule has 13 heteroatoms. The van der Waals surface area contributed by atoms with Crippen molar-refractivity contribution in [3.05, 3.63) is 94.8 Å². The number of anilines is 1.